The maximum absolute atomic E-state index is 12.9. The maximum atomic E-state index is 12.9. The number of pyridine rings is 1. The number of rotatable bonds is 2. The van der Waals surface area contributed by atoms with Crippen molar-refractivity contribution in [2.45, 2.75) is 25.5 Å². The van der Waals surface area contributed by atoms with E-state index in [9.17, 15) is 4.79 Å². The van der Waals surface area contributed by atoms with Crippen molar-refractivity contribution in [3.63, 3.8) is 0 Å². The summed E-state index contributed by atoms with van der Waals surface area (Å²) in [5, 5.41) is 4.53. The summed E-state index contributed by atoms with van der Waals surface area (Å²) in [6, 6.07) is 4.16. The summed E-state index contributed by atoms with van der Waals surface area (Å²) in [6.45, 7) is 4.12. The summed E-state index contributed by atoms with van der Waals surface area (Å²) in [6.07, 6.45) is 14.7. The van der Waals surface area contributed by atoms with E-state index in [2.05, 4.69) is 40.8 Å². The van der Waals surface area contributed by atoms with Gasteiger partial charge in [0.2, 0.25) is 0 Å². The highest BCUT2D eigenvalue weighted by molar-refractivity contribution is 7.51. The lowest BCUT2D eigenvalue weighted by Crippen LogP contribution is -2.37. The average molecular weight is 378 g/mol. The second kappa shape index (κ2) is 6.74. The Hall–Kier alpha value is -2.23. The van der Waals surface area contributed by atoms with E-state index in [1.807, 2.05) is 34.7 Å². The van der Waals surface area contributed by atoms with Crippen molar-refractivity contribution in [3.8, 4) is 0 Å². The van der Waals surface area contributed by atoms with Crippen LogP contribution in [0.1, 0.15) is 24.1 Å². The molecule has 5 nitrogen and oxygen atoms in total. The number of aromatic nitrogens is 2. The van der Waals surface area contributed by atoms with Crippen LogP contribution < -0.4 is 5.32 Å². The molecule has 5 rings (SSSR count). The number of nitrogens with one attached hydrogen (secondary N) is 1. The number of amides is 1. The molecular formula is C21H23N4OP. The molecule has 138 valence electrons. The van der Waals surface area contributed by atoms with Crippen molar-refractivity contribution in [1.82, 2.24) is 19.6 Å². The zero-order chi connectivity index (χ0) is 18.4. The van der Waals surface area contributed by atoms with Crippen molar-refractivity contribution >= 4 is 25.4 Å². The number of imidazole rings is 1. The number of aryl methyl sites for hydroxylation is 1. The molecule has 0 spiro atoms. The summed E-state index contributed by atoms with van der Waals surface area (Å²) in [7, 11) is 0.548. The van der Waals surface area contributed by atoms with Crippen LogP contribution in [0.4, 0.5) is 0 Å². The molecule has 1 fully saturated rings. The van der Waals surface area contributed by atoms with E-state index in [1.165, 1.54) is 5.57 Å². The van der Waals surface area contributed by atoms with Gasteiger partial charge in [-0.15, -0.1) is 0 Å². The van der Waals surface area contributed by atoms with E-state index in [1.54, 1.807) is 0 Å². The number of fused-ring (bicyclic) bond motifs is 2. The first-order chi connectivity index (χ1) is 13.2. The Morgan fingerprint density at radius 2 is 2.15 bits per heavy atom. The standard InChI is InChI=1S/C21H23N4OP/c1-14-12-24-9-6-16(10-19(24)23-14)18-11-20(26)25-13-17(2-3-21(25)27-18)15-4-7-22-8-5-15/h2-3,6,9-13,15,21-22,27H,4-5,7-8H2,1H3. The van der Waals surface area contributed by atoms with Crippen molar-refractivity contribution in [2.75, 3.05) is 13.1 Å². The molecule has 1 saturated heterocycles. The van der Waals surface area contributed by atoms with E-state index in [0.717, 1.165) is 48.1 Å². The third kappa shape index (κ3) is 3.15. The monoisotopic (exact) mass is 378 g/mol. The van der Waals surface area contributed by atoms with Crippen LogP contribution in [0.5, 0.6) is 0 Å². The Labute approximate surface area is 160 Å². The first-order valence-electron chi connectivity index (χ1n) is 9.54. The lowest BCUT2D eigenvalue weighted by molar-refractivity contribution is -0.123. The van der Waals surface area contributed by atoms with E-state index >= 15 is 0 Å². The molecule has 2 aromatic heterocycles. The highest BCUT2D eigenvalue weighted by Crippen LogP contribution is 2.45. The van der Waals surface area contributed by atoms with Gasteiger partial charge in [0, 0.05) is 24.7 Å². The van der Waals surface area contributed by atoms with Gasteiger partial charge in [-0.2, -0.15) is 0 Å². The summed E-state index contributed by atoms with van der Waals surface area (Å²) in [5.74, 6) is 0.792. The average Bonchev–Trinajstić information content (AvgIpc) is 3.07. The van der Waals surface area contributed by atoms with E-state index < -0.39 is 0 Å². The van der Waals surface area contributed by atoms with Gasteiger partial charge in [0.05, 0.1) is 11.5 Å². The molecule has 0 aromatic carbocycles. The van der Waals surface area contributed by atoms with Crippen LogP contribution in [0.25, 0.3) is 11.0 Å². The van der Waals surface area contributed by atoms with Crippen molar-refractivity contribution < 1.29 is 4.79 Å². The number of hydrogen-bond acceptors (Lipinski definition) is 3. The molecular weight excluding hydrogens is 355 g/mol. The van der Waals surface area contributed by atoms with E-state index in [0.29, 0.717) is 14.5 Å². The molecule has 1 N–H and O–H groups in total. The zero-order valence-electron chi connectivity index (χ0n) is 15.4. The van der Waals surface area contributed by atoms with Gasteiger partial charge in [-0.3, -0.25) is 4.79 Å². The van der Waals surface area contributed by atoms with Crippen LogP contribution in [0.2, 0.25) is 0 Å². The normalized spacial score (nSPS) is 24.3. The predicted molar refractivity (Wildman–Crippen MR) is 110 cm³/mol. The number of hydrogen-bond donors (Lipinski definition) is 1. The lowest BCUT2D eigenvalue weighted by Gasteiger charge is -2.36. The fourth-order valence-electron chi connectivity index (χ4n) is 4.14. The molecule has 2 aromatic rings. The molecule has 2 atom stereocenters. The van der Waals surface area contributed by atoms with Crippen molar-refractivity contribution in [1.29, 1.82) is 0 Å². The Morgan fingerprint density at radius 1 is 1.30 bits per heavy atom. The molecule has 0 bridgehead atoms. The van der Waals surface area contributed by atoms with Gasteiger partial charge in [-0.25, -0.2) is 4.98 Å². The fourth-order valence-corrected chi connectivity index (χ4v) is 5.52. The number of carbonyl (C=O) groups excluding carboxylic acids is 1. The molecule has 5 heterocycles. The second-order valence-electron chi connectivity index (χ2n) is 7.47. The molecule has 0 radical (unpaired) electrons. The van der Waals surface area contributed by atoms with Crippen molar-refractivity contribution in [2.24, 2.45) is 5.92 Å². The Bertz CT molecular complexity index is 997. The van der Waals surface area contributed by atoms with Gasteiger partial charge in [0.25, 0.3) is 5.91 Å². The maximum Gasteiger partial charge on any atom is 0.252 e. The van der Waals surface area contributed by atoms with Gasteiger partial charge in [-0.05, 0) is 67.4 Å². The van der Waals surface area contributed by atoms with E-state index in [-0.39, 0.29) is 11.7 Å². The smallest absolute Gasteiger partial charge is 0.252 e. The van der Waals surface area contributed by atoms with Crippen LogP contribution in [0.15, 0.2) is 54.5 Å². The highest BCUT2D eigenvalue weighted by atomic mass is 31.1. The number of carbonyl (C=O) groups is 1. The molecule has 3 aliphatic rings. The minimum absolute atomic E-state index is 0.0870. The van der Waals surface area contributed by atoms with Crippen LogP contribution in [-0.2, 0) is 4.79 Å². The first-order valence-corrected chi connectivity index (χ1v) is 10.6. The quantitative estimate of drug-likeness (QED) is 0.816. The van der Waals surface area contributed by atoms with Crippen molar-refractivity contribution in [3.05, 3.63) is 65.8 Å². The third-order valence-corrected chi connectivity index (χ3v) is 7.10. The molecule has 0 saturated carbocycles. The number of piperidine rings is 1. The molecule has 6 heteroatoms. The molecule has 3 aliphatic heterocycles. The van der Waals surface area contributed by atoms with Gasteiger partial charge in [-0.1, -0.05) is 20.7 Å². The summed E-state index contributed by atoms with van der Waals surface area (Å²) >= 11 is 0. The topological polar surface area (TPSA) is 49.6 Å². The van der Waals surface area contributed by atoms with Crippen LogP contribution in [0, 0.1) is 12.8 Å². The van der Waals surface area contributed by atoms with Gasteiger partial charge in [0.15, 0.2) is 0 Å². The summed E-state index contributed by atoms with van der Waals surface area (Å²) < 4.78 is 2.02. The fraction of sp³-hybridized carbons (Fsp3) is 0.333. The highest BCUT2D eigenvalue weighted by Gasteiger charge is 2.30. The predicted octanol–water partition coefficient (Wildman–Crippen LogP) is 3.28. The minimum atomic E-state index is 0.0870. The minimum Gasteiger partial charge on any atom is -0.317 e. The largest absolute Gasteiger partial charge is 0.317 e. The SMILES string of the molecule is Cc1cn2ccc(C3=CC(=O)N4C=C(C5CCNCC5)C=CC4P3)cc2n1. The number of nitrogens with zero attached hydrogens (tertiary/aromatic N) is 3. The Morgan fingerprint density at radius 3 is 3.00 bits per heavy atom. The number of allylic oxidation sites excluding steroid dienone is 2. The van der Waals surface area contributed by atoms with Crippen LogP contribution >= 0.6 is 8.58 Å². The lowest BCUT2D eigenvalue weighted by atomic mass is 9.89. The third-order valence-electron chi connectivity index (χ3n) is 5.59. The second-order valence-corrected chi connectivity index (χ2v) is 8.89. The summed E-state index contributed by atoms with van der Waals surface area (Å²) in [5.41, 5.74) is 4.33. The van der Waals surface area contributed by atoms with Crippen LogP contribution in [-0.4, -0.2) is 39.1 Å². The molecule has 27 heavy (non-hydrogen) atoms. The Balaban J connectivity index is 1.42. The molecule has 0 aliphatic carbocycles. The first kappa shape index (κ1) is 16.9. The Kier molecular flexibility index (Phi) is 4.22. The zero-order valence-corrected chi connectivity index (χ0v) is 16.4. The van der Waals surface area contributed by atoms with E-state index in [4.69, 9.17) is 0 Å². The van der Waals surface area contributed by atoms with Gasteiger partial charge in [0.1, 0.15) is 5.65 Å². The van der Waals surface area contributed by atoms with Crippen LogP contribution in [0.3, 0.4) is 0 Å². The molecule has 1 amide bonds. The molecule has 2 unspecified atom stereocenters. The van der Waals surface area contributed by atoms with Gasteiger partial charge < -0.3 is 14.6 Å². The summed E-state index contributed by atoms with van der Waals surface area (Å²) in [4.78, 5) is 19.3. The van der Waals surface area contributed by atoms with Gasteiger partial charge >= 0.3 is 0 Å².